The number of benzene rings is 3. The molecule has 0 saturated heterocycles. The number of nitrogens with one attached hydrogen (secondary N) is 2. The number of carbonyl (C=O) groups is 4. The molecule has 242 valence electrons. The van der Waals surface area contributed by atoms with Crippen LogP contribution < -0.4 is 49.3 Å². The third-order valence-electron chi connectivity index (χ3n) is 6.89. The van der Waals surface area contributed by atoms with E-state index in [4.69, 9.17) is 5.73 Å². The molecule has 4 N–H and O–H groups in total. The van der Waals surface area contributed by atoms with Crippen molar-refractivity contribution in [2.24, 2.45) is 5.73 Å². The molecule has 2 atom stereocenters. The van der Waals surface area contributed by atoms with Crippen molar-refractivity contribution in [2.45, 2.75) is 24.9 Å². The van der Waals surface area contributed by atoms with Gasteiger partial charge in [-0.1, -0.05) is 76.2 Å². The molecule has 0 aromatic heterocycles. The molecule has 0 aliphatic carbocycles. The topological polar surface area (TPSA) is 137 Å². The van der Waals surface area contributed by atoms with E-state index in [1.165, 1.54) is 40.9 Å². The van der Waals surface area contributed by atoms with E-state index in [1.807, 2.05) is 18.2 Å². The number of halogens is 1. The summed E-state index contributed by atoms with van der Waals surface area (Å²) in [5.74, 6) is -1.10. The van der Waals surface area contributed by atoms with Gasteiger partial charge in [0, 0.05) is 17.9 Å². The van der Waals surface area contributed by atoms with Gasteiger partial charge in [0.15, 0.2) is 0 Å². The van der Waals surface area contributed by atoms with Crippen LogP contribution >= 0.6 is 28.9 Å². The maximum Gasteiger partial charge on any atom is 0.325 e. The maximum atomic E-state index is 12.9. The number of nitrogens with two attached hydrogens (primary N) is 1. The molecule has 3 aromatic rings. The SMILES string of the molecule is COC(=O)CNC(=O)[C@H](CSSCC[P+](c1ccccc1)(c1ccccc1)c1ccccc1)NC(=O)CC[C@H](N)C(=O)OC.[Br-]. The molecule has 0 unspecified atom stereocenters. The Hall–Kier alpha value is -2.89. The van der Waals surface area contributed by atoms with Crippen molar-refractivity contribution in [3.05, 3.63) is 91.0 Å². The predicted molar refractivity (Wildman–Crippen MR) is 181 cm³/mol. The number of hydrogen-bond acceptors (Lipinski definition) is 9. The number of ether oxygens (including phenoxy) is 2. The van der Waals surface area contributed by atoms with E-state index in [0.29, 0.717) is 0 Å². The molecule has 0 aliphatic rings. The normalized spacial score (nSPS) is 12.2. The quantitative estimate of drug-likeness (QED) is 0.0721. The first-order chi connectivity index (χ1) is 21.3. The highest BCUT2D eigenvalue weighted by Gasteiger charge is 2.44. The van der Waals surface area contributed by atoms with Gasteiger partial charge in [0.05, 0.1) is 20.4 Å². The summed E-state index contributed by atoms with van der Waals surface area (Å²) in [6.45, 7) is -0.315. The number of amides is 2. The molecule has 0 spiro atoms. The largest absolute Gasteiger partial charge is 1.00 e. The molecule has 0 heterocycles. The first-order valence-electron chi connectivity index (χ1n) is 14.1. The van der Waals surface area contributed by atoms with Gasteiger partial charge in [-0.3, -0.25) is 19.2 Å². The van der Waals surface area contributed by atoms with Crippen LogP contribution in [0.5, 0.6) is 0 Å². The highest BCUT2D eigenvalue weighted by Crippen LogP contribution is 2.55. The standard InChI is InChI=1S/C32H38N3O6PS2.BrH/c1-40-30(37)22-34-31(38)28(35-29(36)19-18-27(33)32(39)41-2)23-44-43-21-20-42(24-12-6-3-7-13-24,25-14-8-4-9-15-25)26-16-10-5-11-17-26;/h3-17,27-28H,18-23,33H2,1-2H3,(H-,34,35,36,38);1H/t27-,28-;/m0./s1. The van der Waals surface area contributed by atoms with Crippen LogP contribution in [0.15, 0.2) is 91.0 Å². The summed E-state index contributed by atoms with van der Waals surface area (Å²) in [5.41, 5.74) is 5.75. The van der Waals surface area contributed by atoms with Gasteiger partial charge in [0.25, 0.3) is 0 Å². The molecule has 0 radical (unpaired) electrons. The Morgan fingerprint density at radius 1 is 0.800 bits per heavy atom. The lowest BCUT2D eigenvalue weighted by atomic mass is 10.1. The first-order valence-corrected chi connectivity index (χ1v) is 18.5. The summed E-state index contributed by atoms with van der Waals surface area (Å²) in [7, 11) is 3.56. The minimum Gasteiger partial charge on any atom is -1.00 e. The molecule has 45 heavy (non-hydrogen) atoms. The van der Waals surface area contributed by atoms with Gasteiger partial charge in [-0.2, -0.15) is 0 Å². The third kappa shape index (κ3) is 11.4. The second-order valence-electron chi connectivity index (χ2n) is 9.73. The summed E-state index contributed by atoms with van der Waals surface area (Å²) in [6.07, 6.45) is 0.897. The fourth-order valence-electron chi connectivity index (χ4n) is 4.59. The Bertz CT molecular complexity index is 1260. The van der Waals surface area contributed by atoms with E-state index in [9.17, 15) is 19.2 Å². The van der Waals surface area contributed by atoms with Crippen molar-refractivity contribution >= 4 is 68.5 Å². The third-order valence-corrected chi connectivity index (χ3v) is 14.0. The Balaban J connectivity index is 0.00000705. The van der Waals surface area contributed by atoms with E-state index >= 15 is 0 Å². The van der Waals surface area contributed by atoms with Gasteiger partial charge in [0.1, 0.15) is 41.8 Å². The van der Waals surface area contributed by atoms with Crippen molar-refractivity contribution in [3.63, 3.8) is 0 Å². The van der Waals surface area contributed by atoms with Crippen LogP contribution in [0.25, 0.3) is 0 Å². The van der Waals surface area contributed by atoms with Crippen LogP contribution in [0.4, 0.5) is 0 Å². The molecule has 0 bridgehead atoms. The van der Waals surface area contributed by atoms with E-state index in [1.54, 1.807) is 10.8 Å². The average molecular weight is 737 g/mol. The van der Waals surface area contributed by atoms with Crippen LogP contribution in [-0.2, 0) is 28.7 Å². The Labute approximate surface area is 283 Å². The zero-order valence-corrected chi connectivity index (χ0v) is 29.3. The van der Waals surface area contributed by atoms with Gasteiger partial charge < -0.3 is 42.8 Å². The smallest absolute Gasteiger partial charge is 0.325 e. The summed E-state index contributed by atoms with van der Waals surface area (Å²) in [6, 6.07) is 29.9. The second kappa shape index (κ2) is 20.3. The number of esters is 2. The van der Waals surface area contributed by atoms with Gasteiger partial charge in [-0.15, -0.1) is 0 Å². The Kier molecular flexibility index (Phi) is 17.3. The van der Waals surface area contributed by atoms with Crippen LogP contribution in [0.3, 0.4) is 0 Å². The molecule has 0 saturated carbocycles. The van der Waals surface area contributed by atoms with Crippen LogP contribution in [0.1, 0.15) is 12.8 Å². The fourth-order valence-corrected chi connectivity index (χ4v) is 12.0. The van der Waals surface area contributed by atoms with Gasteiger partial charge in [-0.25, -0.2) is 0 Å². The summed E-state index contributed by atoms with van der Waals surface area (Å²) in [4.78, 5) is 48.8. The first kappa shape index (κ1) is 38.3. The lowest BCUT2D eigenvalue weighted by Gasteiger charge is -2.27. The fraction of sp³-hybridized carbons (Fsp3) is 0.312. The summed E-state index contributed by atoms with van der Waals surface area (Å²) >= 11 is 0. The van der Waals surface area contributed by atoms with Crippen molar-refractivity contribution in [3.8, 4) is 0 Å². The van der Waals surface area contributed by atoms with Crippen LogP contribution in [-0.4, -0.2) is 74.3 Å². The van der Waals surface area contributed by atoms with Crippen molar-refractivity contribution in [1.29, 1.82) is 0 Å². The molecular weight excluding hydrogens is 697 g/mol. The number of hydrogen-bond donors (Lipinski definition) is 3. The van der Waals surface area contributed by atoms with Crippen molar-refractivity contribution in [1.82, 2.24) is 10.6 Å². The molecule has 3 aromatic carbocycles. The van der Waals surface area contributed by atoms with Crippen LogP contribution in [0, 0.1) is 0 Å². The number of carbonyl (C=O) groups excluding carboxylic acids is 4. The van der Waals surface area contributed by atoms with E-state index in [-0.39, 0.29) is 42.1 Å². The van der Waals surface area contributed by atoms with Crippen LogP contribution in [0.2, 0.25) is 0 Å². The zero-order chi connectivity index (χ0) is 31.8. The van der Waals surface area contributed by atoms with Crippen molar-refractivity contribution < 1.29 is 45.6 Å². The molecule has 2 amide bonds. The summed E-state index contributed by atoms with van der Waals surface area (Å²) in [5, 5.41) is 9.11. The Morgan fingerprint density at radius 3 is 1.78 bits per heavy atom. The monoisotopic (exact) mass is 735 g/mol. The molecule has 3 rings (SSSR count). The molecular formula is C32H39BrN3O6PS2. The second-order valence-corrected chi connectivity index (χ2v) is 16.0. The van der Waals surface area contributed by atoms with E-state index < -0.39 is 43.1 Å². The molecule has 0 aliphatic heterocycles. The van der Waals surface area contributed by atoms with Crippen molar-refractivity contribution in [2.75, 3.05) is 38.4 Å². The number of methoxy groups -OCH3 is 2. The zero-order valence-electron chi connectivity index (χ0n) is 25.2. The lowest BCUT2D eigenvalue weighted by Crippen LogP contribution is -3.00. The molecule has 13 heteroatoms. The minimum absolute atomic E-state index is 0. The van der Waals surface area contributed by atoms with Gasteiger partial charge >= 0.3 is 11.9 Å². The van der Waals surface area contributed by atoms with Gasteiger partial charge in [-0.05, 0) is 42.8 Å². The summed E-state index contributed by atoms with van der Waals surface area (Å²) < 4.78 is 9.21. The minimum atomic E-state index is -2.00. The number of rotatable bonds is 17. The lowest BCUT2D eigenvalue weighted by molar-refractivity contribution is -0.142. The van der Waals surface area contributed by atoms with E-state index in [2.05, 4.69) is 92.9 Å². The predicted octanol–water partition coefficient (Wildman–Crippen LogP) is -0.580. The molecule has 0 fully saturated rings. The average Bonchev–Trinajstić information content (AvgIpc) is 3.07. The maximum absolute atomic E-state index is 12.9. The van der Waals surface area contributed by atoms with Gasteiger partial charge in [0.2, 0.25) is 11.8 Å². The van der Waals surface area contributed by atoms with E-state index in [0.717, 1.165) is 11.9 Å². The Morgan fingerprint density at radius 2 is 1.31 bits per heavy atom. The highest BCUT2D eigenvalue weighted by molar-refractivity contribution is 8.76. The molecule has 9 nitrogen and oxygen atoms in total. The highest BCUT2D eigenvalue weighted by atomic mass is 79.9.